The van der Waals surface area contributed by atoms with E-state index in [-0.39, 0.29) is 5.91 Å². The Labute approximate surface area is 182 Å². The molecule has 162 valence electrons. The summed E-state index contributed by atoms with van der Waals surface area (Å²) in [6.07, 6.45) is 5.23. The molecule has 0 unspecified atom stereocenters. The third kappa shape index (κ3) is 3.40. The minimum atomic E-state index is -0.457. The van der Waals surface area contributed by atoms with Crippen LogP contribution in [0.2, 0.25) is 0 Å². The topological polar surface area (TPSA) is 68.4 Å². The van der Waals surface area contributed by atoms with E-state index in [1.165, 1.54) is 0 Å². The van der Waals surface area contributed by atoms with E-state index in [1.807, 2.05) is 36.3 Å². The van der Waals surface area contributed by atoms with E-state index in [4.69, 9.17) is 9.84 Å². The molecule has 0 saturated carbocycles. The van der Waals surface area contributed by atoms with E-state index in [0.717, 1.165) is 48.5 Å². The molecule has 0 atom stereocenters. The number of likely N-dealkylation sites (tertiary alicyclic amines) is 1. The Morgan fingerprint density at radius 2 is 1.97 bits per heavy atom. The summed E-state index contributed by atoms with van der Waals surface area (Å²) in [4.78, 5) is 16.9. The molecule has 2 aromatic heterocycles. The molecule has 0 aliphatic carbocycles. The summed E-state index contributed by atoms with van der Waals surface area (Å²) in [6, 6.07) is 9.97. The van der Waals surface area contributed by atoms with Crippen molar-refractivity contribution in [2.24, 2.45) is 7.05 Å². The van der Waals surface area contributed by atoms with Crippen molar-refractivity contribution in [1.29, 1.82) is 0 Å². The van der Waals surface area contributed by atoms with Crippen LogP contribution >= 0.6 is 0 Å². The van der Waals surface area contributed by atoms with Gasteiger partial charge in [-0.15, -0.1) is 0 Å². The second-order valence-electron chi connectivity index (χ2n) is 8.69. The number of hydrogen-bond donors (Lipinski definition) is 0. The highest BCUT2D eigenvalue weighted by atomic mass is 16.5. The van der Waals surface area contributed by atoms with Crippen molar-refractivity contribution in [2.75, 3.05) is 33.7 Å². The largest absolute Gasteiger partial charge is 0.482 e. The van der Waals surface area contributed by atoms with E-state index in [0.29, 0.717) is 18.8 Å². The number of carbonyl (C=O) groups excluding carboxylic acids is 1. The van der Waals surface area contributed by atoms with Crippen LogP contribution in [-0.2, 0) is 19.2 Å². The SMILES string of the molecule is CN(C)CCn1ncc2c1-c1ccccc1OC21CCN(C(=O)c2ccn(C)n2)CC1. The number of likely N-dealkylation sites (N-methyl/N-ethyl adjacent to an activating group) is 1. The van der Waals surface area contributed by atoms with Gasteiger partial charge in [0.25, 0.3) is 5.91 Å². The van der Waals surface area contributed by atoms with Gasteiger partial charge in [-0.05, 0) is 32.3 Å². The van der Waals surface area contributed by atoms with Crippen molar-refractivity contribution in [3.63, 3.8) is 0 Å². The molecule has 1 aromatic carbocycles. The van der Waals surface area contributed by atoms with E-state index < -0.39 is 5.60 Å². The molecule has 8 nitrogen and oxygen atoms in total. The number of fused-ring (bicyclic) bond motifs is 4. The summed E-state index contributed by atoms with van der Waals surface area (Å²) >= 11 is 0. The molecule has 3 aromatic rings. The van der Waals surface area contributed by atoms with Gasteiger partial charge in [-0.1, -0.05) is 12.1 Å². The molecule has 1 fully saturated rings. The fourth-order valence-corrected chi connectivity index (χ4v) is 4.62. The van der Waals surface area contributed by atoms with Crippen LogP contribution in [0.4, 0.5) is 0 Å². The molecule has 31 heavy (non-hydrogen) atoms. The first-order chi connectivity index (χ1) is 15.0. The lowest BCUT2D eigenvalue weighted by molar-refractivity contribution is -0.00195. The average molecular weight is 421 g/mol. The number of hydrogen-bond acceptors (Lipinski definition) is 5. The zero-order chi connectivity index (χ0) is 21.6. The third-order valence-electron chi connectivity index (χ3n) is 6.33. The standard InChI is InChI=1S/C23H28N6O2/c1-26(2)14-15-29-21-17-6-4-5-7-20(17)31-23(18(21)16-24-29)9-12-28(13-10-23)22(30)19-8-11-27(3)25-19/h4-8,11,16H,9-10,12-15H2,1-3H3. The first kappa shape index (κ1) is 19.8. The average Bonchev–Trinajstić information content (AvgIpc) is 3.40. The van der Waals surface area contributed by atoms with Crippen LogP contribution in [0.5, 0.6) is 5.75 Å². The molecule has 0 radical (unpaired) electrons. The second-order valence-corrected chi connectivity index (χ2v) is 8.69. The van der Waals surface area contributed by atoms with Gasteiger partial charge in [0.15, 0.2) is 0 Å². The minimum Gasteiger partial charge on any atom is -0.482 e. The summed E-state index contributed by atoms with van der Waals surface area (Å²) in [5.74, 6) is 0.875. The van der Waals surface area contributed by atoms with Crippen LogP contribution in [-0.4, -0.2) is 69.0 Å². The van der Waals surface area contributed by atoms with Crippen molar-refractivity contribution in [3.8, 4) is 17.0 Å². The lowest BCUT2D eigenvalue weighted by Gasteiger charge is -2.44. The van der Waals surface area contributed by atoms with E-state index in [2.05, 4.69) is 34.8 Å². The predicted octanol–water partition coefficient (Wildman–Crippen LogP) is 2.37. The van der Waals surface area contributed by atoms with Crippen molar-refractivity contribution in [2.45, 2.75) is 25.0 Å². The van der Waals surface area contributed by atoms with Crippen molar-refractivity contribution in [3.05, 3.63) is 54.0 Å². The second kappa shape index (κ2) is 7.53. The summed E-state index contributed by atoms with van der Waals surface area (Å²) in [5, 5.41) is 9.01. The maximum atomic E-state index is 12.9. The van der Waals surface area contributed by atoms with Gasteiger partial charge in [0, 0.05) is 56.8 Å². The minimum absolute atomic E-state index is 0.0199. The molecule has 0 bridgehead atoms. The molecule has 4 heterocycles. The fourth-order valence-electron chi connectivity index (χ4n) is 4.62. The summed E-state index contributed by atoms with van der Waals surface area (Å²) in [5.41, 5.74) is 3.40. The third-order valence-corrected chi connectivity index (χ3v) is 6.33. The van der Waals surface area contributed by atoms with Gasteiger partial charge in [-0.25, -0.2) is 0 Å². The normalized spacial score (nSPS) is 16.8. The number of aryl methyl sites for hydroxylation is 1. The zero-order valence-corrected chi connectivity index (χ0v) is 18.3. The monoisotopic (exact) mass is 420 g/mol. The van der Waals surface area contributed by atoms with Crippen molar-refractivity contribution in [1.82, 2.24) is 29.4 Å². The molecule has 1 spiro atoms. The number of aromatic nitrogens is 4. The van der Waals surface area contributed by atoms with Crippen LogP contribution in [0.25, 0.3) is 11.3 Å². The molecule has 2 aliphatic rings. The highest BCUT2D eigenvalue weighted by molar-refractivity contribution is 5.92. The lowest BCUT2D eigenvalue weighted by Crippen LogP contribution is -2.49. The summed E-state index contributed by atoms with van der Waals surface area (Å²) in [6.45, 7) is 2.98. The number of benzene rings is 1. The quantitative estimate of drug-likeness (QED) is 0.648. The van der Waals surface area contributed by atoms with Gasteiger partial charge in [-0.2, -0.15) is 10.2 Å². The molecular weight excluding hydrogens is 392 g/mol. The Morgan fingerprint density at radius 3 is 2.68 bits per heavy atom. The van der Waals surface area contributed by atoms with Crippen LogP contribution in [0, 0.1) is 0 Å². The maximum absolute atomic E-state index is 12.9. The number of para-hydroxylation sites is 1. The van der Waals surface area contributed by atoms with Gasteiger partial charge in [0.05, 0.1) is 18.4 Å². The number of amides is 1. The van der Waals surface area contributed by atoms with Crippen LogP contribution in [0.15, 0.2) is 42.7 Å². The lowest BCUT2D eigenvalue weighted by atomic mass is 9.81. The highest BCUT2D eigenvalue weighted by Crippen LogP contribution is 2.49. The van der Waals surface area contributed by atoms with Crippen LogP contribution < -0.4 is 4.74 Å². The molecule has 1 amide bonds. The fraction of sp³-hybridized carbons (Fsp3) is 0.435. The molecule has 2 aliphatic heterocycles. The predicted molar refractivity (Wildman–Crippen MR) is 117 cm³/mol. The van der Waals surface area contributed by atoms with Gasteiger partial charge in [-0.3, -0.25) is 14.2 Å². The summed E-state index contributed by atoms with van der Waals surface area (Å²) in [7, 11) is 5.97. The summed E-state index contributed by atoms with van der Waals surface area (Å²) < 4.78 is 10.4. The number of piperidine rings is 1. The Bertz CT molecular complexity index is 1110. The van der Waals surface area contributed by atoms with E-state index in [9.17, 15) is 4.79 Å². The number of carbonyl (C=O) groups is 1. The molecular formula is C23H28N6O2. The molecule has 8 heteroatoms. The Hall–Kier alpha value is -3.13. The Balaban J connectivity index is 1.44. The van der Waals surface area contributed by atoms with Gasteiger partial charge in [0.2, 0.25) is 0 Å². The smallest absolute Gasteiger partial charge is 0.274 e. The molecule has 0 N–H and O–H groups in total. The Morgan fingerprint density at radius 1 is 1.19 bits per heavy atom. The highest BCUT2D eigenvalue weighted by Gasteiger charge is 2.46. The maximum Gasteiger partial charge on any atom is 0.274 e. The Kier molecular flexibility index (Phi) is 4.81. The number of ether oxygens (including phenoxy) is 1. The molecule has 1 saturated heterocycles. The van der Waals surface area contributed by atoms with Gasteiger partial charge >= 0.3 is 0 Å². The number of rotatable bonds is 4. The van der Waals surface area contributed by atoms with Gasteiger partial charge < -0.3 is 14.5 Å². The first-order valence-electron chi connectivity index (χ1n) is 10.8. The van der Waals surface area contributed by atoms with Crippen molar-refractivity contribution < 1.29 is 9.53 Å². The van der Waals surface area contributed by atoms with Crippen LogP contribution in [0.1, 0.15) is 28.9 Å². The van der Waals surface area contributed by atoms with Crippen LogP contribution in [0.3, 0.4) is 0 Å². The van der Waals surface area contributed by atoms with E-state index in [1.54, 1.807) is 16.9 Å². The first-order valence-corrected chi connectivity index (χ1v) is 10.8. The van der Waals surface area contributed by atoms with Crippen molar-refractivity contribution >= 4 is 5.91 Å². The zero-order valence-electron chi connectivity index (χ0n) is 18.3. The number of nitrogens with zero attached hydrogens (tertiary/aromatic N) is 6. The molecule has 5 rings (SSSR count). The van der Waals surface area contributed by atoms with E-state index >= 15 is 0 Å². The van der Waals surface area contributed by atoms with Gasteiger partial charge in [0.1, 0.15) is 17.0 Å².